The van der Waals surface area contributed by atoms with Crippen LogP contribution in [0.25, 0.3) is 0 Å². The summed E-state index contributed by atoms with van der Waals surface area (Å²) in [4.78, 5) is 16.2. The third-order valence-corrected chi connectivity index (χ3v) is 5.10. The molecule has 0 unspecified atom stereocenters. The predicted molar refractivity (Wildman–Crippen MR) is 104 cm³/mol. The van der Waals surface area contributed by atoms with Crippen LogP contribution in [0.1, 0.15) is 6.92 Å². The minimum atomic E-state index is -0.129. The van der Waals surface area contributed by atoms with Crippen molar-refractivity contribution in [2.24, 2.45) is 0 Å². The third-order valence-electron chi connectivity index (χ3n) is 4.66. The summed E-state index contributed by atoms with van der Waals surface area (Å²) in [6.07, 6.45) is 0. The largest absolute Gasteiger partial charge is 0.360 e. The second-order valence-corrected chi connectivity index (χ2v) is 7.22. The van der Waals surface area contributed by atoms with Crippen molar-refractivity contribution in [3.05, 3.63) is 58.6 Å². The van der Waals surface area contributed by atoms with Gasteiger partial charge in [-0.1, -0.05) is 41.4 Å². The monoisotopic (exact) mass is 378 g/mol. The molecule has 1 heterocycles. The van der Waals surface area contributed by atoms with Crippen molar-refractivity contribution in [3.8, 4) is 0 Å². The first-order valence-electron chi connectivity index (χ1n) is 8.44. The van der Waals surface area contributed by atoms with Crippen molar-refractivity contribution >= 4 is 40.5 Å². The number of hydrogen-bond donors (Lipinski definition) is 2. The summed E-state index contributed by atoms with van der Waals surface area (Å²) < 4.78 is 0. The van der Waals surface area contributed by atoms with E-state index in [4.69, 9.17) is 23.2 Å². The average molecular weight is 379 g/mol. The zero-order chi connectivity index (χ0) is 17.8. The van der Waals surface area contributed by atoms with Crippen LogP contribution in [-0.4, -0.2) is 38.1 Å². The summed E-state index contributed by atoms with van der Waals surface area (Å²) in [5, 5.41) is 3.95. The number of nitrogens with zero attached hydrogens (tertiary/aromatic N) is 1. The van der Waals surface area contributed by atoms with E-state index in [1.54, 1.807) is 18.2 Å². The van der Waals surface area contributed by atoms with Crippen molar-refractivity contribution < 1.29 is 9.69 Å². The number of halogens is 2. The number of piperazine rings is 1. The van der Waals surface area contributed by atoms with E-state index in [9.17, 15) is 4.79 Å². The van der Waals surface area contributed by atoms with Gasteiger partial charge in [0.15, 0.2) is 6.04 Å². The normalized spacial score (nSPS) is 16.5. The predicted octanol–water partition coefficient (Wildman–Crippen LogP) is 2.73. The SMILES string of the molecule is C[C@@H](C(=O)Nc1cc(Cl)cc(Cl)c1)[NH+]1CCN(c2ccccc2)CC1. The Morgan fingerprint density at radius 1 is 1.08 bits per heavy atom. The quantitative estimate of drug-likeness (QED) is 0.857. The van der Waals surface area contributed by atoms with E-state index in [0.717, 1.165) is 26.2 Å². The second-order valence-electron chi connectivity index (χ2n) is 6.35. The zero-order valence-electron chi connectivity index (χ0n) is 14.1. The molecule has 2 aromatic carbocycles. The van der Waals surface area contributed by atoms with E-state index in [1.165, 1.54) is 10.6 Å². The first-order valence-corrected chi connectivity index (χ1v) is 9.20. The van der Waals surface area contributed by atoms with Gasteiger partial charge in [-0.3, -0.25) is 4.79 Å². The van der Waals surface area contributed by atoms with Gasteiger partial charge in [0.1, 0.15) is 0 Å². The number of benzene rings is 2. The Balaban J connectivity index is 1.56. The highest BCUT2D eigenvalue weighted by Gasteiger charge is 2.29. The molecule has 25 heavy (non-hydrogen) atoms. The molecular weight excluding hydrogens is 357 g/mol. The number of carbonyl (C=O) groups is 1. The Morgan fingerprint density at radius 3 is 2.28 bits per heavy atom. The number of para-hydroxylation sites is 1. The first-order chi connectivity index (χ1) is 12.0. The highest BCUT2D eigenvalue weighted by Crippen LogP contribution is 2.22. The van der Waals surface area contributed by atoms with Gasteiger partial charge >= 0.3 is 0 Å². The van der Waals surface area contributed by atoms with Gasteiger partial charge in [-0.2, -0.15) is 0 Å². The number of anilines is 2. The Kier molecular flexibility index (Phi) is 5.84. The lowest BCUT2D eigenvalue weighted by Gasteiger charge is -2.36. The van der Waals surface area contributed by atoms with Gasteiger partial charge in [0.05, 0.1) is 26.2 Å². The number of rotatable bonds is 4. The summed E-state index contributed by atoms with van der Waals surface area (Å²) in [5.41, 5.74) is 1.88. The van der Waals surface area contributed by atoms with Crippen LogP contribution in [0, 0.1) is 0 Å². The van der Waals surface area contributed by atoms with E-state index in [2.05, 4.69) is 34.5 Å². The lowest BCUT2D eigenvalue weighted by molar-refractivity contribution is -0.914. The van der Waals surface area contributed by atoms with Crippen LogP contribution >= 0.6 is 23.2 Å². The maximum atomic E-state index is 12.6. The number of quaternary nitrogens is 1. The number of hydrogen-bond acceptors (Lipinski definition) is 2. The molecule has 0 saturated carbocycles. The van der Waals surface area contributed by atoms with Crippen LogP contribution in [0.3, 0.4) is 0 Å². The van der Waals surface area contributed by atoms with Gasteiger partial charge in [-0.05, 0) is 37.3 Å². The van der Waals surface area contributed by atoms with Crippen LogP contribution in [0.2, 0.25) is 10.0 Å². The Morgan fingerprint density at radius 2 is 1.68 bits per heavy atom. The van der Waals surface area contributed by atoms with E-state index < -0.39 is 0 Å². The fraction of sp³-hybridized carbons (Fsp3) is 0.316. The van der Waals surface area contributed by atoms with Gasteiger partial charge in [0, 0.05) is 21.4 Å². The molecule has 1 amide bonds. The van der Waals surface area contributed by atoms with Crippen LogP contribution in [0.4, 0.5) is 11.4 Å². The summed E-state index contributed by atoms with van der Waals surface area (Å²) in [7, 11) is 0. The number of carbonyl (C=O) groups excluding carboxylic acids is 1. The minimum absolute atomic E-state index is 0.0125. The Labute approximate surface area is 158 Å². The molecule has 0 aliphatic carbocycles. The highest BCUT2D eigenvalue weighted by molar-refractivity contribution is 6.35. The molecule has 0 bridgehead atoms. The molecule has 1 saturated heterocycles. The molecule has 6 heteroatoms. The van der Waals surface area contributed by atoms with Crippen LogP contribution in [0.15, 0.2) is 48.5 Å². The van der Waals surface area contributed by atoms with Crippen molar-refractivity contribution in [3.63, 3.8) is 0 Å². The molecule has 2 aromatic rings. The van der Waals surface area contributed by atoms with Gasteiger partial charge in [-0.25, -0.2) is 0 Å². The smallest absolute Gasteiger partial charge is 0.282 e. The summed E-state index contributed by atoms with van der Waals surface area (Å²) >= 11 is 12.0. The van der Waals surface area contributed by atoms with Gasteiger partial charge in [0.2, 0.25) is 0 Å². The molecule has 132 valence electrons. The number of amides is 1. The maximum absolute atomic E-state index is 12.6. The molecule has 1 aliphatic rings. The average Bonchev–Trinajstić information content (AvgIpc) is 2.61. The second kappa shape index (κ2) is 8.09. The summed E-state index contributed by atoms with van der Waals surface area (Å²) in [6, 6.07) is 15.3. The first kappa shape index (κ1) is 18.1. The topological polar surface area (TPSA) is 36.8 Å². The van der Waals surface area contributed by atoms with Gasteiger partial charge in [0.25, 0.3) is 5.91 Å². The number of nitrogens with one attached hydrogen (secondary N) is 2. The lowest BCUT2D eigenvalue weighted by Crippen LogP contribution is -3.19. The van der Waals surface area contributed by atoms with E-state index in [1.807, 2.05) is 13.0 Å². The third kappa shape index (κ3) is 4.66. The zero-order valence-corrected chi connectivity index (χ0v) is 15.6. The minimum Gasteiger partial charge on any atom is -0.360 e. The standard InChI is InChI=1S/C19H21Cl2N3O/c1-14(19(25)22-17-12-15(20)11-16(21)13-17)23-7-9-24(10-8-23)18-5-3-2-4-6-18/h2-6,11-14H,7-10H2,1H3,(H,22,25)/p+1/t14-/m0/s1. The molecule has 0 spiro atoms. The fourth-order valence-electron chi connectivity index (χ4n) is 3.19. The van der Waals surface area contributed by atoms with Gasteiger partial charge < -0.3 is 15.1 Å². The van der Waals surface area contributed by atoms with E-state index in [-0.39, 0.29) is 11.9 Å². The molecule has 2 N–H and O–H groups in total. The van der Waals surface area contributed by atoms with Crippen LogP contribution < -0.4 is 15.1 Å². The molecule has 4 nitrogen and oxygen atoms in total. The maximum Gasteiger partial charge on any atom is 0.282 e. The van der Waals surface area contributed by atoms with Crippen molar-refractivity contribution in [2.75, 3.05) is 36.4 Å². The van der Waals surface area contributed by atoms with Crippen LogP contribution in [0.5, 0.6) is 0 Å². The van der Waals surface area contributed by atoms with Crippen molar-refractivity contribution in [1.82, 2.24) is 0 Å². The van der Waals surface area contributed by atoms with Crippen LogP contribution in [-0.2, 0) is 4.79 Å². The molecule has 0 radical (unpaired) electrons. The highest BCUT2D eigenvalue weighted by atomic mass is 35.5. The Hall–Kier alpha value is -1.75. The van der Waals surface area contributed by atoms with E-state index in [0.29, 0.717) is 15.7 Å². The molecule has 1 atom stereocenters. The lowest BCUT2D eigenvalue weighted by atomic mass is 10.2. The molecule has 3 rings (SSSR count). The van der Waals surface area contributed by atoms with Crippen molar-refractivity contribution in [2.45, 2.75) is 13.0 Å². The van der Waals surface area contributed by atoms with E-state index >= 15 is 0 Å². The van der Waals surface area contributed by atoms with Gasteiger partial charge in [-0.15, -0.1) is 0 Å². The Bertz CT molecular complexity index is 710. The summed E-state index contributed by atoms with van der Waals surface area (Å²) in [6.45, 7) is 5.72. The molecule has 1 aliphatic heterocycles. The summed E-state index contributed by atoms with van der Waals surface area (Å²) in [5.74, 6) is -0.0125. The van der Waals surface area contributed by atoms with Crippen molar-refractivity contribution in [1.29, 1.82) is 0 Å². The molecule has 0 aromatic heterocycles. The molecule has 1 fully saturated rings. The fourth-order valence-corrected chi connectivity index (χ4v) is 3.71. The molecular formula is C19H22Cl2N3O+.